The van der Waals surface area contributed by atoms with Gasteiger partial charge < -0.3 is 9.64 Å². The van der Waals surface area contributed by atoms with Crippen molar-refractivity contribution >= 4 is 29.4 Å². The van der Waals surface area contributed by atoms with Gasteiger partial charge in [0.2, 0.25) is 0 Å². The molecule has 5 rings (SSSR count). The molecule has 166 valence electrons. The van der Waals surface area contributed by atoms with Crippen LogP contribution in [0.15, 0.2) is 46.8 Å². The Morgan fingerprint density at radius 3 is 2.55 bits per heavy atom. The van der Waals surface area contributed by atoms with Crippen LogP contribution in [-0.2, 0) is 14.4 Å². The fourth-order valence-corrected chi connectivity index (χ4v) is 8.02. The zero-order valence-electron chi connectivity index (χ0n) is 15.9. The topological polar surface area (TPSA) is 24.8 Å². The lowest BCUT2D eigenvalue weighted by Gasteiger charge is -2.42. The molecule has 0 amide bonds. The summed E-state index contributed by atoms with van der Waals surface area (Å²) >= 11 is 3.34. The van der Waals surface area contributed by atoms with Crippen molar-refractivity contribution in [2.75, 3.05) is 18.1 Å². The molecule has 3 heterocycles. The van der Waals surface area contributed by atoms with Crippen molar-refractivity contribution in [1.82, 2.24) is 4.90 Å². The average molecular weight is 478 g/mol. The Morgan fingerprint density at radius 2 is 1.87 bits per heavy atom. The maximum atomic E-state index is 15.1. The number of alkyl halides is 5. The predicted molar refractivity (Wildman–Crippen MR) is 107 cm³/mol. The maximum Gasteiger partial charge on any atom is 0.417 e. The molecular weight excluding hydrogens is 462 g/mol. The Kier molecular flexibility index (Phi) is 4.85. The third-order valence-corrected chi connectivity index (χ3v) is 9.42. The number of aliphatic imine (C=N–C) groups is 1. The van der Waals surface area contributed by atoms with Crippen LogP contribution < -0.4 is 0 Å². The summed E-state index contributed by atoms with van der Waals surface area (Å²) in [6.07, 6.45) is -2.31. The van der Waals surface area contributed by atoms with Gasteiger partial charge in [0.15, 0.2) is 11.6 Å². The number of thioether (sulfide) groups is 2. The first kappa shape index (κ1) is 21.1. The van der Waals surface area contributed by atoms with Crippen molar-refractivity contribution in [3.8, 4) is 0 Å². The minimum Gasteiger partial charge on any atom is -0.431 e. The van der Waals surface area contributed by atoms with Crippen LogP contribution in [0.5, 0.6) is 0 Å². The second-order valence-corrected chi connectivity index (χ2v) is 10.7. The summed E-state index contributed by atoms with van der Waals surface area (Å²) in [6, 6.07) is 4.68. The molecule has 1 fully saturated rings. The molecule has 4 aliphatic rings. The molecule has 1 aliphatic carbocycles. The van der Waals surface area contributed by atoms with Gasteiger partial charge in [0, 0.05) is 23.3 Å². The van der Waals surface area contributed by atoms with Crippen LogP contribution in [0.1, 0.15) is 24.0 Å². The number of benzene rings is 1. The van der Waals surface area contributed by atoms with Crippen LogP contribution in [0.3, 0.4) is 0 Å². The van der Waals surface area contributed by atoms with Crippen LogP contribution in [0.2, 0.25) is 0 Å². The molecule has 2 spiro atoms. The predicted octanol–water partition coefficient (Wildman–Crippen LogP) is 5.74. The Hall–Kier alpha value is -1.75. The Morgan fingerprint density at radius 1 is 1.13 bits per heavy atom. The standard InChI is InChI=1S/C20H16F6N2OS2/c21-13-3-1-2-12-15(13)19(30-6-7-31-19)5-4-18(12)10-28-9-11(20(24,25)26)8-14(16(28)27-18)29-17(22)23/h1-3,8-9,17H,4-7,10H2/t18-/m1/s1. The molecule has 11 heteroatoms. The van der Waals surface area contributed by atoms with E-state index in [9.17, 15) is 22.0 Å². The number of halogens is 6. The minimum atomic E-state index is -4.74. The van der Waals surface area contributed by atoms with Crippen molar-refractivity contribution in [2.24, 2.45) is 4.99 Å². The van der Waals surface area contributed by atoms with Crippen LogP contribution in [0.25, 0.3) is 0 Å². The van der Waals surface area contributed by atoms with Gasteiger partial charge in [0.05, 0.1) is 16.2 Å². The highest BCUT2D eigenvalue weighted by molar-refractivity contribution is 8.20. The molecule has 31 heavy (non-hydrogen) atoms. The highest BCUT2D eigenvalue weighted by Crippen LogP contribution is 2.62. The summed E-state index contributed by atoms with van der Waals surface area (Å²) in [6.45, 7) is -3.31. The number of fused-ring (bicyclic) bond motifs is 4. The Balaban J connectivity index is 1.63. The largest absolute Gasteiger partial charge is 0.431 e. The summed E-state index contributed by atoms with van der Waals surface area (Å²) in [5.74, 6) is 0.642. The second-order valence-electron chi connectivity index (χ2n) is 7.68. The van der Waals surface area contributed by atoms with Crippen molar-refractivity contribution in [3.05, 3.63) is 58.8 Å². The second kappa shape index (κ2) is 7.13. The van der Waals surface area contributed by atoms with Gasteiger partial charge in [-0.25, -0.2) is 4.39 Å². The number of hydrogen-bond donors (Lipinski definition) is 0. The number of ether oxygens (including phenoxy) is 1. The first-order valence-corrected chi connectivity index (χ1v) is 11.5. The molecule has 0 N–H and O–H groups in total. The molecule has 3 aliphatic heterocycles. The van der Waals surface area contributed by atoms with E-state index in [-0.39, 0.29) is 18.2 Å². The van der Waals surface area contributed by atoms with Crippen LogP contribution >= 0.6 is 23.5 Å². The number of nitrogens with zero attached hydrogens (tertiary/aromatic N) is 2. The van der Waals surface area contributed by atoms with Gasteiger partial charge in [-0.1, -0.05) is 12.1 Å². The van der Waals surface area contributed by atoms with Crippen molar-refractivity contribution in [1.29, 1.82) is 0 Å². The number of hydrogen-bond acceptors (Lipinski definition) is 5. The summed E-state index contributed by atoms with van der Waals surface area (Å²) in [5, 5.41) is 0. The number of allylic oxidation sites excluding steroid dienone is 2. The molecule has 3 nitrogen and oxygen atoms in total. The fourth-order valence-electron chi connectivity index (χ4n) is 4.66. The number of rotatable bonds is 2. The molecule has 0 saturated carbocycles. The number of amidine groups is 1. The molecule has 1 saturated heterocycles. The summed E-state index contributed by atoms with van der Waals surface area (Å²) < 4.78 is 84.9. The van der Waals surface area contributed by atoms with Gasteiger partial charge in [-0.05, 0) is 30.5 Å². The van der Waals surface area contributed by atoms with E-state index in [1.165, 1.54) is 11.0 Å². The summed E-state index contributed by atoms with van der Waals surface area (Å²) in [5.41, 5.74) is -1.03. The SMILES string of the molecule is Fc1cccc2c1C1(CC[C@@]23CN2C=C(C(F)(F)F)C=C(OC(F)F)C2=N3)SCCS1. The normalized spacial score (nSPS) is 26.7. The van der Waals surface area contributed by atoms with Crippen LogP contribution in [0.4, 0.5) is 26.3 Å². The van der Waals surface area contributed by atoms with Gasteiger partial charge in [0.1, 0.15) is 11.4 Å². The van der Waals surface area contributed by atoms with Crippen molar-refractivity contribution in [2.45, 2.75) is 35.2 Å². The smallest absolute Gasteiger partial charge is 0.417 e. The van der Waals surface area contributed by atoms with Gasteiger partial charge in [0.25, 0.3) is 0 Å². The quantitative estimate of drug-likeness (QED) is 0.506. The maximum absolute atomic E-state index is 15.1. The van der Waals surface area contributed by atoms with E-state index in [4.69, 9.17) is 0 Å². The lowest BCUT2D eigenvalue weighted by molar-refractivity contribution is -0.0981. The van der Waals surface area contributed by atoms with Crippen LogP contribution in [-0.4, -0.2) is 41.6 Å². The molecule has 0 bridgehead atoms. The van der Waals surface area contributed by atoms with Crippen molar-refractivity contribution < 1.29 is 31.1 Å². The molecule has 0 aromatic heterocycles. The highest BCUT2D eigenvalue weighted by Gasteiger charge is 2.54. The van der Waals surface area contributed by atoms with Gasteiger partial charge in [-0.15, -0.1) is 23.5 Å². The van der Waals surface area contributed by atoms with E-state index < -0.39 is 33.7 Å². The molecular formula is C20H16F6N2OS2. The molecule has 0 radical (unpaired) electrons. The lowest BCUT2D eigenvalue weighted by atomic mass is 9.76. The first-order valence-electron chi connectivity index (χ1n) is 9.53. The van der Waals surface area contributed by atoms with E-state index >= 15 is 4.39 Å². The zero-order valence-corrected chi connectivity index (χ0v) is 17.5. The van der Waals surface area contributed by atoms with Gasteiger partial charge in [-0.3, -0.25) is 4.99 Å². The Labute approximate surface area is 182 Å². The van der Waals surface area contributed by atoms with Gasteiger partial charge >= 0.3 is 12.8 Å². The highest BCUT2D eigenvalue weighted by atomic mass is 32.2. The lowest BCUT2D eigenvalue weighted by Crippen LogP contribution is -2.40. The summed E-state index contributed by atoms with van der Waals surface area (Å²) in [4.78, 5) is 5.80. The minimum absolute atomic E-state index is 0.00623. The fraction of sp³-hybridized carbons (Fsp3) is 0.450. The average Bonchev–Trinajstić information content (AvgIpc) is 3.30. The van der Waals surface area contributed by atoms with E-state index in [0.29, 0.717) is 30.0 Å². The summed E-state index contributed by atoms with van der Waals surface area (Å²) in [7, 11) is 0. The third-order valence-electron chi connectivity index (χ3n) is 5.89. The zero-order chi connectivity index (χ0) is 22.0. The van der Waals surface area contributed by atoms with E-state index in [1.54, 1.807) is 35.7 Å². The van der Waals surface area contributed by atoms with E-state index in [0.717, 1.165) is 17.7 Å². The molecule has 0 unspecified atom stereocenters. The molecule has 1 aromatic rings. The molecule has 1 aromatic carbocycles. The van der Waals surface area contributed by atoms with Crippen molar-refractivity contribution in [3.63, 3.8) is 0 Å². The monoisotopic (exact) mass is 478 g/mol. The van der Waals surface area contributed by atoms with E-state index in [1.807, 2.05) is 0 Å². The first-order chi connectivity index (χ1) is 14.6. The van der Waals surface area contributed by atoms with Crippen LogP contribution in [0, 0.1) is 5.82 Å². The van der Waals surface area contributed by atoms with Gasteiger partial charge in [-0.2, -0.15) is 22.0 Å². The molecule has 1 atom stereocenters. The van der Waals surface area contributed by atoms with E-state index in [2.05, 4.69) is 9.73 Å². The third kappa shape index (κ3) is 3.35. The Bertz CT molecular complexity index is 1020.